The van der Waals surface area contributed by atoms with Gasteiger partial charge in [-0.05, 0) is 67.7 Å². The van der Waals surface area contributed by atoms with Crippen molar-refractivity contribution in [3.63, 3.8) is 0 Å². The van der Waals surface area contributed by atoms with Gasteiger partial charge in [0.2, 0.25) is 0 Å². The van der Waals surface area contributed by atoms with E-state index in [9.17, 15) is 13.2 Å². The number of pyridine rings is 1. The molecular formula is C43H35F3IrN7-3. The molecule has 275 valence electrons. The predicted molar refractivity (Wildman–Crippen MR) is 195 cm³/mol. The van der Waals surface area contributed by atoms with E-state index >= 15 is 0 Å². The van der Waals surface area contributed by atoms with Crippen LogP contribution >= 0.6 is 0 Å². The zero-order valence-electron chi connectivity index (χ0n) is 29.9. The first-order valence-electron chi connectivity index (χ1n) is 16.7. The van der Waals surface area contributed by atoms with E-state index in [0.717, 1.165) is 28.8 Å². The smallest absolute Gasteiger partial charge is 0.431 e. The minimum absolute atomic E-state index is 0. The van der Waals surface area contributed by atoms with Crippen LogP contribution in [0.15, 0.2) is 140 Å². The molecule has 0 aliphatic carbocycles. The van der Waals surface area contributed by atoms with Crippen LogP contribution in [0.5, 0.6) is 0 Å². The van der Waals surface area contributed by atoms with Crippen LogP contribution in [-0.2, 0) is 26.3 Å². The third-order valence-electron chi connectivity index (χ3n) is 7.88. The van der Waals surface area contributed by atoms with E-state index in [1.165, 1.54) is 28.5 Å². The molecule has 0 bridgehead atoms. The Bertz CT molecular complexity index is 2170. The fourth-order valence-electron chi connectivity index (χ4n) is 5.22. The molecule has 0 N–H and O–H groups in total. The van der Waals surface area contributed by atoms with Gasteiger partial charge >= 0.3 is 6.18 Å². The van der Waals surface area contributed by atoms with Crippen molar-refractivity contribution in [2.24, 2.45) is 0 Å². The Balaban J connectivity index is 0.000000156. The number of alkyl halides is 3. The van der Waals surface area contributed by atoms with Crippen LogP contribution in [0.1, 0.15) is 27.9 Å². The minimum atomic E-state index is -4.46. The molecule has 54 heavy (non-hydrogen) atoms. The van der Waals surface area contributed by atoms with Crippen LogP contribution in [0.2, 0.25) is 0 Å². The molecule has 0 aliphatic heterocycles. The van der Waals surface area contributed by atoms with Crippen LogP contribution in [0.4, 0.5) is 13.2 Å². The van der Waals surface area contributed by atoms with Crippen LogP contribution in [-0.4, -0.2) is 19.2 Å². The number of rotatable bonds is 5. The third kappa shape index (κ3) is 10.4. The van der Waals surface area contributed by atoms with E-state index < -0.39 is 11.9 Å². The van der Waals surface area contributed by atoms with E-state index in [-0.39, 0.29) is 25.8 Å². The van der Waals surface area contributed by atoms with Gasteiger partial charge in [-0.1, -0.05) is 61.0 Å². The van der Waals surface area contributed by atoms with Crippen molar-refractivity contribution >= 4 is 0 Å². The van der Waals surface area contributed by atoms with Crippen molar-refractivity contribution in [2.75, 3.05) is 0 Å². The Morgan fingerprint density at radius 1 is 0.630 bits per heavy atom. The Hall–Kier alpha value is -5.90. The van der Waals surface area contributed by atoms with Crippen LogP contribution in [0.3, 0.4) is 0 Å². The van der Waals surface area contributed by atoms with Gasteiger partial charge in [0.15, 0.2) is 0 Å². The second-order valence-corrected chi connectivity index (χ2v) is 12.3. The SMILES string of the molecule is Cc1cc[c-]c(-n2[c-][n+](-c3cccc(C)c3)cc2)c1.Cc1cc[c-]c(-n2[c-][n+](-c3cccc(C)c3)cc2)c1.FC(F)(F)c1cc(-c2ccccn2)[n-]n1.[Ir]. The number of aryl methyl sites for hydroxylation is 4. The van der Waals surface area contributed by atoms with Crippen molar-refractivity contribution in [2.45, 2.75) is 33.9 Å². The maximum atomic E-state index is 12.2. The van der Waals surface area contributed by atoms with E-state index in [1.54, 1.807) is 18.2 Å². The number of nitrogens with zero attached hydrogens (tertiary/aromatic N) is 7. The molecule has 4 heterocycles. The van der Waals surface area contributed by atoms with Gasteiger partial charge in [0.25, 0.3) is 12.7 Å². The number of hydrogen-bond acceptors (Lipinski definition) is 2. The van der Waals surface area contributed by atoms with Gasteiger partial charge < -0.3 is 19.3 Å². The van der Waals surface area contributed by atoms with E-state index in [1.807, 2.05) is 67.3 Å². The van der Waals surface area contributed by atoms with Gasteiger partial charge in [0, 0.05) is 56.8 Å². The summed E-state index contributed by atoms with van der Waals surface area (Å²) in [6.07, 6.45) is 11.6. The molecule has 1 radical (unpaired) electrons. The zero-order valence-corrected chi connectivity index (χ0v) is 32.3. The monoisotopic (exact) mass is 899 g/mol. The quantitative estimate of drug-likeness (QED) is 0.130. The molecule has 0 unspecified atom stereocenters. The number of halogens is 3. The van der Waals surface area contributed by atoms with Crippen LogP contribution in [0.25, 0.3) is 34.1 Å². The summed E-state index contributed by atoms with van der Waals surface area (Å²) in [6.45, 7) is 8.34. The van der Waals surface area contributed by atoms with E-state index in [0.29, 0.717) is 5.69 Å². The second-order valence-electron chi connectivity index (χ2n) is 12.3. The summed E-state index contributed by atoms with van der Waals surface area (Å²) < 4.78 is 44.5. The Morgan fingerprint density at radius 3 is 1.57 bits per heavy atom. The van der Waals surface area contributed by atoms with Gasteiger partial charge in [-0.2, -0.15) is 72.8 Å². The van der Waals surface area contributed by atoms with E-state index in [4.69, 9.17) is 0 Å². The fourth-order valence-corrected chi connectivity index (χ4v) is 5.22. The van der Waals surface area contributed by atoms with Crippen molar-refractivity contribution in [3.05, 3.63) is 193 Å². The molecule has 8 rings (SSSR count). The van der Waals surface area contributed by atoms with Gasteiger partial charge in [-0.25, -0.2) is 0 Å². The van der Waals surface area contributed by atoms with Crippen molar-refractivity contribution in [1.29, 1.82) is 0 Å². The average Bonchev–Trinajstić information content (AvgIpc) is 3.95. The maximum Gasteiger partial charge on any atom is 0.431 e. The molecule has 0 saturated carbocycles. The standard InChI is InChI=1S/2C17H15N2.C9H5F3N3.Ir/c2*1-14-5-3-7-16(11-14)18-9-10-19(13-18)17-8-4-6-15(2)12-17;10-9(11,12)8-5-7(14-15-8)6-3-1-2-4-13-6;/h2*3-7,9-12H,1-2H3;1-5H;/q3*-1;. The molecule has 8 aromatic rings. The summed E-state index contributed by atoms with van der Waals surface area (Å²) in [4.78, 5) is 3.87. The first kappa shape index (κ1) is 39.3. The molecule has 11 heteroatoms. The molecule has 0 saturated heterocycles. The summed E-state index contributed by atoms with van der Waals surface area (Å²) >= 11 is 0. The predicted octanol–water partition coefficient (Wildman–Crippen LogP) is 8.06. The number of imidazole rings is 2. The maximum absolute atomic E-state index is 12.2. The second kappa shape index (κ2) is 17.7. The Kier molecular flexibility index (Phi) is 12.9. The van der Waals surface area contributed by atoms with Gasteiger partial charge in [0.1, 0.15) is 5.69 Å². The van der Waals surface area contributed by atoms with Crippen molar-refractivity contribution < 1.29 is 42.4 Å². The van der Waals surface area contributed by atoms with Gasteiger partial charge in [-0.3, -0.25) is 14.1 Å². The first-order valence-corrected chi connectivity index (χ1v) is 16.7. The normalized spacial score (nSPS) is 10.7. The van der Waals surface area contributed by atoms with Crippen molar-refractivity contribution in [1.82, 2.24) is 24.3 Å². The fraction of sp³-hybridized carbons (Fsp3) is 0.116. The summed E-state index contributed by atoms with van der Waals surface area (Å²) in [6, 6.07) is 41.1. The molecule has 0 spiro atoms. The molecule has 4 aromatic carbocycles. The average molecular weight is 899 g/mol. The van der Waals surface area contributed by atoms with Crippen molar-refractivity contribution in [3.8, 4) is 34.1 Å². The molecule has 7 nitrogen and oxygen atoms in total. The molecule has 4 aromatic heterocycles. The van der Waals surface area contributed by atoms with Gasteiger partial charge in [-0.15, -0.1) is 0 Å². The van der Waals surface area contributed by atoms with E-state index in [2.05, 4.69) is 128 Å². The largest absolute Gasteiger partial charge is 0.573 e. The topological polar surface area (TPSA) is 57.5 Å². The third-order valence-corrected chi connectivity index (χ3v) is 7.88. The summed E-state index contributed by atoms with van der Waals surface area (Å²) in [7, 11) is 0. The Morgan fingerprint density at radius 2 is 1.15 bits per heavy atom. The van der Waals surface area contributed by atoms with Crippen LogP contribution in [0, 0.1) is 52.5 Å². The minimum Gasteiger partial charge on any atom is -0.573 e. The molecule has 0 amide bonds. The summed E-state index contributed by atoms with van der Waals surface area (Å²) in [5.41, 5.74) is 8.68. The Labute approximate surface area is 326 Å². The first-order chi connectivity index (χ1) is 25.5. The molecule has 0 fully saturated rings. The molecular weight excluding hydrogens is 864 g/mol. The summed E-state index contributed by atoms with van der Waals surface area (Å²) in [5, 5.41) is 6.47. The number of benzene rings is 4. The number of aromatic nitrogens is 7. The van der Waals surface area contributed by atoms with Gasteiger partial charge in [0.05, 0.1) is 11.4 Å². The molecule has 0 aliphatic rings. The summed E-state index contributed by atoms with van der Waals surface area (Å²) in [5.74, 6) is 0. The van der Waals surface area contributed by atoms with Crippen LogP contribution < -0.4 is 14.2 Å². The zero-order chi connectivity index (χ0) is 37.4. The molecule has 0 atom stereocenters. The number of hydrogen-bond donors (Lipinski definition) is 0.